The van der Waals surface area contributed by atoms with Gasteiger partial charge in [-0.15, -0.1) is 0 Å². The number of fused-ring (bicyclic) bond motifs is 2. The lowest BCUT2D eigenvalue weighted by molar-refractivity contribution is -0.0965. The van der Waals surface area contributed by atoms with Crippen molar-refractivity contribution in [3.05, 3.63) is 71.8 Å². The third-order valence-electron chi connectivity index (χ3n) is 6.09. The molecule has 26 heavy (non-hydrogen) atoms. The lowest BCUT2D eigenvalue weighted by atomic mass is 9.92. The summed E-state index contributed by atoms with van der Waals surface area (Å²) in [4.78, 5) is 2.36. The Kier molecular flexibility index (Phi) is 5.09. The highest BCUT2D eigenvalue weighted by atomic mass is 16.5. The van der Waals surface area contributed by atoms with E-state index in [1.54, 1.807) is 0 Å². The maximum Gasteiger partial charge on any atom is 0.0957 e. The van der Waals surface area contributed by atoms with Crippen LogP contribution in [0.3, 0.4) is 0 Å². The average molecular weight is 353 g/mol. The van der Waals surface area contributed by atoms with Gasteiger partial charge in [0.25, 0.3) is 0 Å². The highest BCUT2D eigenvalue weighted by Crippen LogP contribution is 2.46. The van der Waals surface area contributed by atoms with Crippen LogP contribution in [0.1, 0.15) is 30.5 Å². The van der Waals surface area contributed by atoms with Crippen LogP contribution >= 0.6 is 0 Å². The molecule has 0 unspecified atom stereocenters. The van der Waals surface area contributed by atoms with Gasteiger partial charge in [0.15, 0.2) is 0 Å². The van der Waals surface area contributed by atoms with Gasteiger partial charge in [0.05, 0.1) is 25.4 Å². The fourth-order valence-electron chi connectivity index (χ4n) is 4.75. The molecule has 1 aliphatic heterocycles. The minimum absolute atomic E-state index is 0.00414. The molecule has 2 aromatic rings. The van der Waals surface area contributed by atoms with Gasteiger partial charge in [-0.25, -0.2) is 0 Å². The topological polar surface area (TPSA) is 52.9 Å². The molecule has 0 spiro atoms. The highest BCUT2D eigenvalue weighted by molar-refractivity contribution is 5.21. The number of hydrogen-bond donors (Lipinski definition) is 2. The molecule has 2 aromatic carbocycles. The molecule has 4 nitrogen and oxygen atoms in total. The van der Waals surface area contributed by atoms with Crippen LogP contribution in [0.25, 0.3) is 0 Å². The van der Waals surface area contributed by atoms with Gasteiger partial charge in [-0.05, 0) is 24.5 Å². The van der Waals surface area contributed by atoms with Crippen molar-refractivity contribution in [2.45, 2.75) is 50.3 Å². The zero-order valence-electron chi connectivity index (χ0n) is 15.1. The van der Waals surface area contributed by atoms with Crippen LogP contribution in [0, 0.1) is 5.92 Å². The van der Waals surface area contributed by atoms with E-state index in [1.165, 1.54) is 5.56 Å². The molecule has 2 N–H and O–H groups in total. The Bertz CT molecular complexity index is 708. The van der Waals surface area contributed by atoms with Crippen LogP contribution in [0.5, 0.6) is 0 Å². The Morgan fingerprint density at radius 1 is 1.00 bits per heavy atom. The van der Waals surface area contributed by atoms with Crippen LogP contribution in [0.2, 0.25) is 0 Å². The second-order valence-corrected chi connectivity index (χ2v) is 7.55. The maximum absolute atomic E-state index is 10.4. The number of ether oxygens (including phenoxy) is 1. The number of piperidine rings is 1. The van der Waals surface area contributed by atoms with Gasteiger partial charge in [0.2, 0.25) is 0 Å². The molecular weight excluding hydrogens is 326 g/mol. The number of hydrogen-bond acceptors (Lipinski definition) is 4. The monoisotopic (exact) mass is 353 g/mol. The fraction of sp³-hybridized carbons (Fsp3) is 0.455. The van der Waals surface area contributed by atoms with Crippen LogP contribution in [-0.4, -0.2) is 46.0 Å². The lowest BCUT2D eigenvalue weighted by Crippen LogP contribution is -2.55. The fourth-order valence-corrected chi connectivity index (χ4v) is 4.75. The van der Waals surface area contributed by atoms with Gasteiger partial charge in [0.1, 0.15) is 0 Å². The Balaban J connectivity index is 1.49. The van der Waals surface area contributed by atoms with E-state index in [4.69, 9.17) is 4.74 Å². The predicted molar refractivity (Wildman–Crippen MR) is 100 cm³/mol. The Morgan fingerprint density at radius 3 is 2.35 bits per heavy atom. The maximum atomic E-state index is 10.4. The molecule has 4 rings (SSSR count). The molecule has 1 saturated carbocycles. The number of nitrogens with zero attached hydrogens (tertiary/aromatic N) is 1. The van der Waals surface area contributed by atoms with Crippen molar-refractivity contribution in [3.8, 4) is 0 Å². The minimum atomic E-state index is -0.670. The van der Waals surface area contributed by atoms with E-state index < -0.39 is 12.2 Å². The molecule has 2 bridgehead atoms. The molecule has 0 amide bonds. The molecule has 1 heterocycles. The molecule has 2 aliphatic rings. The zero-order valence-corrected chi connectivity index (χ0v) is 15.1. The van der Waals surface area contributed by atoms with E-state index in [0.29, 0.717) is 13.2 Å². The summed E-state index contributed by atoms with van der Waals surface area (Å²) >= 11 is 0. The first-order chi connectivity index (χ1) is 12.7. The lowest BCUT2D eigenvalue weighted by Gasteiger charge is -2.43. The van der Waals surface area contributed by atoms with Crippen molar-refractivity contribution in [2.24, 2.45) is 5.92 Å². The van der Waals surface area contributed by atoms with Crippen LogP contribution in [-0.2, 0) is 11.3 Å². The Hall–Kier alpha value is -1.72. The number of likely N-dealkylation sites (tertiary alicyclic amines) is 1. The quantitative estimate of drug-likeness (QED) is 0.838. The van der Waals surface area contributed by atoms with Gasteiger partial charge in [-0.2, -0.15) is 0 Å². The van der Waals surface area contributed by atoms with Crippen molar-refractivity contribution in [1.82, 2.24) is 4.90 Å². The van der Waals surface area contributed by atoms with Crippen LogP contribution < -0.4 is 0 Å². The van der Waals surface area contributed by atoms with E-state index >= 15 is 0 Å². The summed E-state index contributed by atoms with van der Waals surface area (Å²) in [7, 11) is 0. The largest absolute Gasteiger partial charge is 0.390 e. The SMILES string of the molecule is C[C@H](c1ccccc1)N1[C@H](COCc2ccccc2)[C@@H]2C[C@H]1[C@@H](O)[C@H]2O. The summed E-state index contributed by atoms with van der Waals surface area (Å²) in [6.07, 6.45) is -0.486. The molecule has 4 heteroatoms. The first-order valence-electron chi connectivity index (χ1n) is 9.47. The summed E-state index contributed by atoms with van der Waals surface area (Å²) in [6.45, 7) is 3.32. The smallest absolute Gasteiger partial charge is 0.0957 e. The van der Waals surface area contributed by atoms with Crippen LogP contribution in [0.4, 0.5) is 0 Å². The number of aliphatic hydroxyl groups excluding tert-OH is 2. The van der Waals surface area contributed by atoms with Gasteiger partial charge >= 0.3 is 0 Å². The summed E-state index contributed by atoms with van der Waals surface area (Å²) in [5.41, 5.74) is 2.38. The van der Waals surface area contributed by atoms with Gasteiger partial charge in [-0.3, -0.25) is 4.90 Å². The zero-order chi connectivity index (χ0) is 18.1. The van der Waals surface area contributed by atoms with Crippen molar-refractivity contribution < 1.29 is 14.9 Å². The summed E-state index contributed by atoms with van der Waals surface area (Å²) in [5.74, 6) is 0.0666. The second-order valence-electron chi connectivity index (χ2n) is 7.55. The summed E-state index contributed by atoms with van der Waals surface area (Å²) < 4.78 is 6.02. The van der Waals surface area contributed by atoms with Gasteiger partial charge in [0, 0.05) is 24.0 Å². The molecule has 138 valence electrons. The number of benzene rings is 2. The van der Waals surface area contributed by atoms with Crippen molar-refractivity contribution in [2.75, 3.05) is 6.61 Å². The molecule has 6 atom stereocenters. The minimum Gasteiger partial charge on any atom is -0.390 e. The van der Waals surface area contributed by atoms with Gasteiger partial charge in [-0.1, -0.05) is 60.7 Å². The van der Waals surface area contributed by atoms with E-state index in [2.05, 4.69) is 36.1 Å². The molecule has 1 aliphatic carbocycles. The molecular formula is C22H27NO3. The molecule has 0 aromatic heterocycles. The first-order valence-corrected chi connectivity index (χ1v) is 9.47. The first kappa shape index (κ1) is 17.7. The molecule has 1 saturated heterocycles. The van der Waals surface area contributed by atoms with Crippen LogP contribution in [0.15, 0.2) is 60.7 Å². The Labute approximate surface area is 155 Å². The van der Waals surface area contributed by atoms with Crippen molar-refractivity contribution in [3.63, 3.8) is 0 Å². The van der Waals surface area contributed by atoms with E-state index in [1.807, 2.05) is 36.4 Å². The van der Waals surface area contributed by atoms with Crippen molar-refractivity contribution >= 4 is 0 Å². The highest BCUT2D eigenvalue weighted by Gasteiger charge is 2.57. The number of rotatable bonds is 6. The predicted octanol–water partition coefficient (Wildman–Crippen LogP) is 2.76. The molecule has 2 fully saturated rings. The standard InChI is InChI=1S/C22H27NO3/c1-15(17-10-6-3-7-11-17)23-19-12-18(21(24)22(19)25)20(23)14-26-13-16-8-4-2-5-9-16/h2-11,15,18-22,24-25H,12-14H2,1H3/t15-,18+,19+,20-,21+,22-/m1/s1. The number of aliphatic hydroxyl groups is 2. The van der Waals surface area contributed by atoms with Gasteiger partial charge < -0.3 is 14.9 Å². The Morgan fingerprint density at radius 2 is 1.65 bits per heavy atom. The normalized spacial score (nSPS) is 32.0. The average Bonchev–Trinajstić information content (AvgIpc) is 3.19. The molecule has 0 radical (unpaired) electrons. The summed E-state index contributed by atoms with van der Waals surface area (Å²) in [5, 5.41) is 20.9. The second kappa shape index (κ2) is 7.49. The van der Waals surface area contributed by atoms with E-state index in [9.17, 15) is 10.2 Å². The van der Waals surface area contributed by atoms with Crippen molar-refractivity contribution in [1.29, 1.82) is 0 Å². The third kappa shape index (κ3) is 3.19. The van der Waals surface area contributed by atoms with E-state index in [0.717, 1.165) is 12.0 Å². The third-order valence-corrected chi connectivity index (χ3v) is 6.09. The summed E-state index contributed by atoms with van der Waals surface area (Å²) in [6, 6.07) is 20.8. The van der Waals surface area contributed by atoms with E-state index in [-0.39, 0.29) is 24.0 Å².